The fourth-order valence-corrected chi connectivity index (χ4v) is 9.92. The highest BCUT2D eigenvalue weighted by Crippen LogP contribution is 2.48. The average Bonchev–Trinajstić information content (AvgIpc) is 3.93. The van der Waals surface area contributed by atoms with Gasteiger partial charge in [-0.1, -0.05) is 140 Å². The van der Waals surface area contributed by atoms with E-state index in [1.807, 2.05) is 23.5 Å². The maximum atomic E-state index is 6.76. The van der Waals surface area contributed by atoms with E-state index in [4.69, 9.17) is 8.83 Å². The van der Waals surface area contributed by atoms with E-state index in [-0.39, 0.29) is 0 Å². The summed E-state index contributed by atoms with van der Waals surface area (Å²) in [7, 11) is 0. The number of furan rings is 2. The summed E-state index contributed by atoms with van der Waals surface area (Å²) in [6, 6.07) is 65.4. The van der Waals surface area contributed by atoms with E-state index in [0.717, 1.165) is 60.9 Å². The lowest BCUT2D eigenvalue weighted by molar-refractivity contribution is 0.632. The lowest BCUT2D eigenvalue weighted by atomic mass is 9.85. The summed E-state index contributed by atoms with van der Waals surface area (Å²) in [6.07, 6.45) is 0. The Labute approximate surface area is 320 Å². The molecule has 0 aliphatic heterocycles. The molecule has 0 amide bonds. The van der Waals surface area contributed by atoms with Crippen LogP contribution >= 0.6 is 11.3 Å². The van der Waals surface area contributed by atoms with Gasteiger partial charge in [0, 0.05) is 47.5 Å². The Morgan fingerprint density at radius 2 is 0.764 bits per heavy atom. The molecule has 9 aromatic carbocycles. The van der Waals surface area contributed by atoms with E-state index in [9.17, 15) is 0 Å². The molecule has 0 aliphatic carbocycles. The zero-order valence-electron chi connectivity index (χ0n) is 29.5. The highest BCUT2D eigenvalue weighted by atomic mass is 32.1. The van der Waals surface area contributed by atoms with Gasteiger partial charge in [-0.25, -0.2) is 0 Å². The first-order chi connectivity index (χ1) is 27.3. The summed E-state index contributed by atoms with van der Waals surface area (Å²) in [5, 5.41) is 10.7. The van der Waals surface area contributed by atoms with Crippen LogP contribution in [0.15, 0.2) is 191 Å². The van der Waals surface area contributed by atoms with Gasteiger partial charge in [-0.05, 0) is 91.8 Å². The van der Waals surface area contributed by atoms with Crippen molar-refractivity contribution in [2.75, 3.05) is 0 Å². The largest absolute Gasteiger partial charge is 0.456 e. The first-order valence-corrected chi connectivity index (χ1v) is 19.5. The molecule has 3 heterocycles. The number of rotatable bonds is 4. The quantitative estimate of drug-likeness (QED) is 0.169. The third-order valence-electron chi connectivity index (χ3n) is 11.3. The topological polar surface area (TPSA) is 26.3 Å². The van der Waals surface area contributed by atoms with Crippen molar-refractivity contribution in [2.24, 2.45) is 0 Å². The van der Waals surface area contributed by atoms with Crippen molar-refractivity contribution in [3.63, 3.8) is 0 Å². The molecule has 0 N–H and O–H groups in total. The van der Waals surface area contributed by atoms with Gasteiger partial charge in [0.1, 0.15) is 22.5 Å². The molecule has 0 atom stereocenters. The lowest BCUT2D eigenvalue weighted by Gasteiger charge is -2.18. The molecule has 256 valence electrons. The Balaban J connectivity index is 1.09. The first kappa shape index (κ1) is 30.5. The number of thiophene rings is 1. The van der Waals surface area contributed by atoms with Crippen LogP contribution in [0.5, 0.6) is 0 Å². The van der Waals surface area contributed by atoms with Crippen LogP contribution in [0.25, 0.3) is 119 Å². The van der Waals surface area contributed by atoms with Crippen LogP contribution in [0.4, 0.5) is 0 Å². The van der Waals surface area contributed by atoms with Crippen molar-refractivity contribution in [1.82, 2.24) is 0 Å². The molecule has 0 aliphatic rings. The lowest BCUT2D eigenvalue weighted by Crippen LogP contribution is -1.90. The Bertz CT molecular complexity index is 3420. The number of benzene rings is 9. The second-order valence-corrected chi connectivity index (χ2v) is 15.4. The summed E-state index contributed by atoms with van der Waals surface area (Å²) < 4.78 is 16.0. The molecule has 0 saturated carbocycles. The minimum atomic E-state index is 0.842. The van der Waals surface area contributed by atoms with Crippen molar-refractivity contribution >= 4 is 86.0 Å². The van der Waals surface area contributed by atoms with E-state index in [2.05, 4.69) is 170 Å². The van der Waals surface area contributed by atoms with E-state index >= 15 is 0 Å². The van der Waals surface area contributed by atoms with E-state index < -0.39 is 0 Å². The summed E-state index contributed by atoms with van der Waals surface area (Å²) in [5.41, 5.74) is 10.7. The van der Waals surface area contributed by atoms with Crippen LogP contribution in [0.1, 0.15) is 0 Å². The molecule has 3 heteroatoms. The van der Waals surface area contributed by atoms with Crippen LogP contribution in [0.2, 0.25) is 0 Å². The maximum absolute atomic E-state index is 6.76. The second-order valence-electron chi connectivity index (χ2n) is 14.3. The molecule has 0 bridgehead atoms. The summed E-state index contributed by atoms with van der Waals surface area (Å²) in [6.45, 7) is 0. The van der Waals surface area contributed by atoms with Gasteiger partial charge in [-0.15, -0.1) is 11.3 Å². The molecule has 0 fully saturated rings. The molecule has 12 rings (SSSR count). The molecular formula is C52H30O2S. The standard InChI is InChI=1S/C52H30O2S/c1-3-13-31(14-4-1)51-43-30-45-41(29-46(43)54-52(51)32-15-5-2-6-16-32)40-27-33(23-25-44(40)53-45)49-36-18-7-9-20-38(36)50(39-21-10-8-19-37(39)49)34-24-26-48-42(28-34)35-17-11-12-22-47(35)55-48/h1-30H. The van der Waals surface area contributed by atoms with Crippen molar-refractivity contribution in [2.45, 2.75) is 0 Å². The smallest absolute Gasteiger partial charge is 0.143 e. The summed E-state index contributed by atoms with van der Waals surface area (Å²) in [4.78, 5) is 0. The molecule has 0 radical (unpaired) electrons. The van der Waals surface area contributed by atoms with Gasteiger partial charge >= 0.3 is 0 Å². The van der Waals surface area contributed by atoms with Gasteiger partial charge in [-0.2, -0.15) is 0 Å². The average molecular weight is 719 g/mol. The van der Waals surface area contributed by atoms with Crippen LogP contribution in [-0.4, -0.2) is 0 Å². The molecule has 12 aromatic rings. The molecule has 0 spiro atoms. The first-order valence-electron chi connectivity index (χ1n) is 18.7. The Hall–Kier alpha value is -6.94. The van der Waals surface area contributed by atoms with E-state index in [1.165, 1.54) is 58.4 Å². The van der Waals surface area contributed by atoms with E-state index in [1.54, 1.807) is 0 Å². The normalized spacial score (nSPS) is 12.0. The van der Waals surface area contributed by atoms with Crippen LogP contribution in [0.3, 0.4) is 0 Å². The van der Waals surface area contributed by atoms with E-state index in [0.29, 0.717) is 0 Å². The maximum Gasteiger partial charge on any atom is 0.143 e. The minimum Gasteiger partial charge on any atom is -0.456 e. The van der Waals surface area contributed by atoms with Gasteiger partial charge < -0.3 is 8.83 Å². The predicted molar refractivity (Wildman–Crippen MR) is 233 cm³/mol. The fraction of sp³-hybridized carbons (Fsp3) is 0. The third kappa shape index (κ3) is 4.60. The Morgan fingerprint density at radius 3 is 1.44 bits per heavy atom. The molecular weight excluding hydrogens is 689 g/mol. The highest BCUT2D eigenvalue weighted by Gasteiger charge is 2.22. The third-order valence-corrected chi connectivity index (χ3v) is 12.4. The predicted octanol–water partition coefficient (Wildman–Crippen LogP) is 15.7. The van der Waals surface area contributed by atoms with Gasteiger partial charge in [0.05, 0.1) is 0 Å². The monoisotopic (exact) mass is 718 g/mol. The summed E-state index contributed by atoms with van der Waals surface area (Å²) in [5.74, 6) is 0.865. The van der Waals surface area contributed by atoms with Gasteiger partial charge in [0.25, 0.3) is 0 Å². The van der Waals surface area contributed by atoms with Gasteiger partial charge in [-0.3, -0.25) is 0 Å². The van der Waals surface area contributed by atoms with Crippen molar-refractivity contribution in [3.05, 3.63) is 182 Å². The molecule has 2 nitrogen and oxygen atoms in total. The van der Waals surface area contributed by atoms with Crippen LogP contribution in [-0.2, 0) is 0 Å². The second kappa shape index (κ2) is 11.8. The Morgan fingerprint density at radius 1 is 0.273 bits per heavy atom. The minimum absolute atomic E-state index is 0.842. The molecule has 55 heavy (non-hydrogen) atoms. The van der Waals surface area contributed by atoms with Gasteiger partial charge in [0.15, 0.2) is 0 Å². The molecule has 0 saturated heterocycles. The van der Waals surface area contributed by atoms with Crippen LogP contribution in [0, 0.1) is 0 Å². The number of hydrogen-bond acceptors (Lipinski definition) is 3. The van der Waals surface area contributed by atoms with Crippen molar-refractivity contribution < 1.29 is 8.83 Å². The van der Waals surface area contributed by atoms with Crippen LogP contribution < -0.4 is 0 Å². The Kier molecular flexibility index (Phi) is 6.54. The molecule has 3 aromatic heterocycles. The number of hydrogen-bond donors (Lipinski definition) is 0. The summed E-state index contributed by atoms with van der Waals surface area (Å²) >= 11 is 1.86. The molecule has 0 unspecified atom stereocenters. The SMILES string of the molecule is c1ccc(-c2oc3cc4c(cc3c2-c2ccccc2)oc2ccc(-c3c5ccccc5c(-c5ccc6sc7ccccc7c6c5)c5ccccc35)cc24)cc1. The fourth-order valence-electron chi connectivity index (χ4n) is 8.84. The highest BCUT2D eigenvalue weighted by molar-refractivity contribution is 7.25. The zero-order chi connectivity index (χ0) is 36.0. The van der Waals surface area contributed by atoms with Crippen molar-refractivity contribution in [1.29, 1.82) is 0 Å². The zero-order valence-corrected chi connectivity index (χ0v) is 30.4. The number of fused-ring (bicyclic) bond motifs is 9. The van der Waals surface area contributed by atoms with Gasteiger partial charge in [0.2, 0.25) is 0 Å². The van der Waals surface area contributed by atoms with Crippen molar-refractivity contribution in [3.8, 4) is 44.7 Å².